The van der Waals surface area contributed by atoms with Crippen molar-refractivity contribution >= 4 is 5.78 Å². The molecule has 0 saturated heterocycles. The maximum absolute atomic E-state index is 11.7. The smallest absolute Gasteiger partial charge is 0.232 e. The number of methoxy groups -OCH3 is 1. The molecule has 1 fully saturated rings. The molecule has 0 aliphatic heterocycles. The highest BCUT2D eigenvalue weighted by Crippen LogP contribution is 2.40. The second kappa shape index (κ2) is 4.92. The Morgan fingerprint density at radius 3 is 2.33 bits per heavy atom. The van der Waals surface area contributed by atoms with E-state index in [0.29, 0.717) is 29.1 Å². The quantitative estimate of drug-likeness (QED) is 0.751. The first-order valence-corrected chi connectivity index (χ1v) is 6.16. The molecular formula is C13H18N2O3. The lowest BCUT2D eigenvalue weighted by Crippen LogP contribution is -2.14. The highest BCUT2D eigenvalue weighted by Gasteiger charge is 2.30. The van der Waals surface area contributed by atoms with Gasteiger partial charge in [-0.15, -0.1) is 0 Å². The number of rotatable bonds is 5. The third kappa shape index (κ3) is 2.60. The minimum atomic E-state index is -0.148. The minimum absolute atomic E-state index is 0.0465. The molecule has 2 rings (SSSR count). The Labute approximate surface area is 107 Å². The number of hydrogen-bond acceptors (Lipinski definition) is 5. The molecule has 1 aliphatic carbocycles. The summed E-state index contributed by atoms with van der Waals surface area (Å²) >= 11 is 0. The van der Waals surface area contributed by atoms with E-state index in [-0.39, 0.29) is 11.9 Å². The second-order valence-electron chi connectivity index (χ2n) is 4.77. The van der Waals surface area contributed by atoms with Gasteiger partial charge in [0.15, 0.2) is 5.78 Å². The molecule has 0 aromatic carbocycles. The van der Waals surface area contributed by atoms with Gasteiger partial charge in [-0.3, -0.25) is 4.79 Å². The minimum Gasteiger partial charge on any atom is -0.480 e. The lowest BCUT2D eigenvalue weighted by Gasteiger charge is -2.15. The van der Waals surface area contributed by atoms with E-state index in [1.807, 2.05) is 13.8 Å². The van der Waals surface area contributed by atoms with Gasteiger partial charge < -0.3 is 9.47 Å². The van der Waals surface area contributed by atoms with E-state index in [9.17, 15) is 4.79 Å². The Hall–Kier alpha value is -1.65. The summed E-state index contributed by atoms with van der Waals surface area (Å²) in [5.41, 5.74) is 0.329. The van der Waals surface area contributed by atoms with Gasteiger partial charge >= 0.3 is 0 Å². The van der Waals surface area contributed by atoms with Gasteiger partial charge in [-0.05, 0) is 33.6 Å². The van der Waals surface area contributed by atoms with Crippen LogP contribution in [0.3, 0.4) is 0 Å². The van der Waals surface area contributed by atoms with E-state index in [1.165, 1.54) is 14.0 Å². The Kier molecular flexibility index (Phi) is 3.50. The van der Waals surface area contributed by atoms with Gasteiger partial charge in [-0.1, -0.05) is 0 Å². The maximum atomic E-state index is 11.7. The number of aromatic nitrogens is 2. The van der Waals surface area contributed by atoms with Crippen LogP contribution in [-0.2, 0) is 0 Å². The van der Waals surface area contributed by atoms with E-state index in [4.69, 9.17) is 9.47 Å². The van der Waals surface area contributed by atoms with Crippen molar-refractivity contribution in [2.45, 2.75) is 45.6 Å². The van der Waals surface area contributed by atoms with Gasteiger partial charge in [0.25, 0.3) is 0 Å². The molecule has 1 saturated carbocycles. The largest absolute Gasteiger partial charge is 0.480 e. The number of hydrogen-bond donors (Lipinski definition) is 0. The monoisotopic (exact) mass is 250 g/mol. The summed E-state index contributed by atoms with van der Waals surface area (Å²) in [6, 6.07) is 0. The van der Waals surface area contributed by atoms with Crippen LogP contribution < -0.4 is 9.47 Å². The number of carbonyl (C=O) groups excluding carboxylic acids is 1. The van der Waals surface area contributed by atoms with Crippen molar-refractivity contribution in [3.05, 3.63) is 11.4 Å². The molecule has 0 radical (unpaired) electrons. The zero-order chi connectivity index (χ0) is 13.3. The van der Waals surface area contributed by atoms with Crippen LogP contribution in [0.25, 0.3) is 0 Å². The summed E-state index contributed by atoms with van der Waals surface area (Å²) < 4.78 is 10.8. The van der Waals surface area contributed by atoms with Crippen LogP contribution in [0, 0.1) is 0 Å². The number of ketones is 1. The molecule has 0 bridgehead atoms. The SMILES string of the molecule is COc1nc(C2CC2)nc(OC(C)C)c1C(C)=O. The lowest BCUT2D eigenvalue weighted by atomic mass is 10.2. The molecule has 1 aromatic heterocycles. The zero-order valence-electron chi connectivity index (χ0n) is 11.2. The first kappa shape index (κ1) is 12.8. The Bertz CT molecular complexity index is 468. The molecule has 0 amide bonds. The highest BCUT2D eigenvalue weighted by molar-refractivity contribution is 5.98. The zero-order valence-corrected chi connectivity index (χ0v) is 11.2. The van der Waals surface area contributed by atoms with E-state index in [0.717, 1.165) is 12.8 Å². The normalized spacial score (nSPS) is 14.7. The molecule has 1 heterocycles. The van der Waals surface area contributed by atoms with Crippen molar-refractivity contribution in [2.75, 3.05) is 7.11 Å². The molecule has 1 aliphatic rings. The molecule has 0 unspecified atom stereocenters. The van der Waals surface area contributed by atoms with Crippen molar-refractivity contribution in [3.8, 4) is 11.8 Å². The average molecular weight is 250 g/mol. The second-order valence-corrected chi connectivity index (χ2v) is 4.77. The Morgan fingerprint density at radius 2 is 1.89 bits per heavy atom. The molecule has 1 aromatic rings. The van der Waals surface area contributed by atoms with Gasteiger partial charge in [0, 0.05) is 5.92 Å². The fourth-order valence-electron chi connectivity index (χ4n) is 1.72. The summed E-state index contributed by atoms with van der Waals surface area (Å²) in [5, 5.41) is 0. The summed E-state index contributed by atoms with van der Waals surface area (Å²) in [6.45, 7) is 5.26. The van der Waals surface area contributed by atoms with E-state index < -0.39 is 0 Å². The summed E-state index contributed by atoms with van der Waals surface area (Å²) in [7, 11) is 1.50. The van der Waals surface area contributed by atoms with Gasteiger partial charge in [0.05, 0.1) is 13.2 Å². The van der Waals surface area contributed by atoms with Crippen LogP contribution in [0.2, 0.25) is 0 Å². The van der Waals surface area contributed by atoms with Crippen LogP contribution in [-0.4, -0.2) is 29.0 Å². The van der Waals surface area contributed by atoms with Gasteiger partial charge in [-0.2, -0.15) is 9.97 Å². The predicted molar refractivity (Wildman–Crippen MR) is 66.3 cm³/mol. The van der Waals surface area contributed by atoms with Crippen molar-refractivity contribution in [1.82, 2.24) is 9.97 Å². The molecule has 98 valence electrons. The van der Waals surface area contributed by atoms with E-state index in [2.05, 4.69) is 9.97 Å². The van der Waals surface area contributed by atoms with Crippen LogP contribution in [0.4, 0.5) is 0 Å². The molecule has 0 N–H and O–H groups in total. The van der Waals surface area contributed by atoms with Crippen molar-refractivity contribution in [3.63, 3.8) is 0 Å². The van der Waals surface area contributed by atoms with Crippen LogP contribution in [0.5, 0.6) is 11.8 Å². The third-order valence-electron chi connectivity index (χ3n) is 2.70. The average Bonchev–Trinajstić information content (AvgIpc) is 3.10. The maximum Gasteiger partial charge on any atom is 0.232 e. The van der Waals surface area contributed by atoms with Crippen LogP contribution in [0.15, 0.2) is 0 Å². The fraction of sp³-hybridized carbons (Fsp3) is 0.615. The topological polar surface area (TPSA) is 61.3 Å². The fourth-order valence-corrected chi connectivity index (χ4v) is 1.72. The van der Waals surface area contributed by atoms with Crippen LogP contribution >= 0.6 is 0 Å². The van der Waals surface area contributed by atoms with Gasteiger partial charge in [0.2, 0.25) is 11.8 Å². The molecular weight excluding hydrogens is 232 g/mol. The predicted octanol–water partition coefficient (Wildman–Crippen LogP) is 2.35. The molecule has 18 heavy (non-hydrogen) atoms. The Morgan fingerprint density at radius 1 is 1.28 bits per heavy atom. The summed E-state index contributed by atoms with van der Waals surface area (Å²) in [4.78, 5) is 20.4. The number of carbonyl (C=O) groups is 1. The highest BCUT2D eigenvalue weighted by atomic mass is 16.5. The number of ether oxygens (including phenoxy) is 2. The lowest BCUT2D eigenvalue weighted by molar-refractivity contribution is 0.100. The molecule has 0 atom stereocenters. The molecule has 5 nitrogen and oxygen atoms in total. The molecule has 0 spiro atoms. The standard InChI is InChI=1S/C13H18N2O3/c1-7(2)18-13-10(8(3)16)12(17-4)14-11(15-13)9-5-6-9/h7,9H,5-6H2,1-4H3. The van der Waals surface area contributed by atoms with E-state index in [1.54, 1.807) is 0 Å². The van der Waals surface area contributed by atoms with Gasteiger partial charge in [0.1, 0.15) is 11.4 Å². The Balaban J connectivity index is 2.49. The van der Waals surface area contributed by atoms with Crippen molar-refractivity contribution < 1.29 is 14.3 Å². The number of nitrogens with zero attached hydrogens (tertiary/aromatic N) is 2. The van der Waals surface area contributed by atoms with E-state index >= 15 is 0 Å². The number of Topliss-reactive ketones (excluding diaryl/α,β-unsaturated/α-hetero) is 1. The van der Waals surface area contributed by atoms with Gasteiger partial charge in [-0.25, -0.2) is 0 Å². The van der Waals surface area contributed by atoms with Crippen molar-refractivity contribution in [2.24, 2.45) is 0 Å². The summed E-state index contributed by atoms with van der Waals surface area (Å²) in [5.74, 6) is 1.60. The molecule has 5 heteroatoms. The van der Waals surface area contributed by atoms with Crippen molar-refractivity contribution in [1.29, 1.82) is 0 Å². The summed E-state index contributed by atoms with van der Waals surface area (Å²) in [6.07, 6.45) is 2.13. The van der Waals surface area contributed by atoms with Crippen LogP contribution in [0.1, 0.15) is 55.7 Å². The first-order valence-electron chi connectivity index (χ1n) is 6.16. The first-order chi connectivity index (χ1) is 8.52. The third-order valence-corrected chi connectivity index (χ3v) is 2.70.